The molecule has 0 aliphatic heterocycles. The fraction of sp³-hybridized carbons (Fsp3) is 0.667. The van der Waals surface area contributed by atoms with Gasteiger partial charge in [0.25, 0.3) is 5.56 Å². The van der Waals surface area contributed by atoms with Gasteiger partial charge in [-0.3, -0.25) is 4.79 Å². The molecule has 114 valence electrons. The maximum atomic E-state index is 12.1. The average molecular weight is 350 g/mol. The fourth-order valence-corrected chi connectivity index (χ4v) is 2.10. The van der Waals surface area contributed by atoms with Crippen molar-refractivity contribution in [2.45, 2.75) is 19.0 Å². The molecule has 0 aliphatic carbocycles. The minimum Gasteiger partial charge on any atom is -0.396 e. The standard InChI is InChI=1S/C12H20BrN3O4/c1-19-6-4-16-12(18)11(13)10(7-14-16)15-9(3-5-17)8-20-2/h7,9,15,17H,3-6,8H2,1-2H3. The lowest BCUT2D eigenvalue weighted by Crippen LogP contribution is -2.30. The van der Waals surface area contributed by atoms with Gasteiger partial charge in [0.05, 0.1) is 37.7 Å². The van der Waals surface area contributed by atoms with Crippen LogP contribution in [-0.4, -0.2) is 55.0 Å². The lowest BCUT2D eigenvalue weighted by molar-refractivity contribution is 0.170. The van der Waals surface area contributed by atoms with Crippen molar-refractivity contribution in [3.05, 3.63) is 21.0 Å². The lowest BCUT2D eigenvalue weighted by Gasteiger charge is -2.19. The molecule has 0 saturated heterocycles. The minimum absolute atomic E-state index is 0.0387. The van der Waals surface area contributed by atoms with Crippen LogP contribution in [-0.2, 0) is 16.0 Å². The summed E-state index contributed by atoms with van der Waals surface area (Å²) in [7, 11) is 3.16. The molecule has 8 heteroatoms. The normalized spacial score (nSPS) is 12.4. The predicted octanol–water partition coefficient (Wildman–Crippen LogP) is 0.461. The number of hydrogen-bond donors (Lipinski definition) is 2. The molecule has 0 spiro atoms. The molecule has 0 bridgehead atoms. The molecule has 0 aliphatic rings. The summed E-state index contributed by atoms with van der Waals surface area (Å²) in [6, 6.07) is -0.0858. The van der Waals surface area contributed by atoms with E-state index < -0.39 is 0 Å². The van der Waals surface area contributed by atoms with Crippen molar-refractivity contribution < 1.29 is 14.6 Å². The quantitative estimate of drug-likeness (QED) is 0.673. The Morgan fingerprint density at radius 2 is 2.25 bits per heavy atom. The zero-order valence-corrected chi connectivity index (χ0v) is 13.2. The van der Waals surface area contributed by atoms with Gasteiger partial charge in [0.2, 0.25) is 0 Å². The van der Waals surface area contributed by atoms with Crippen molar-refractivity contribution in [3.8, 4) is 0 Å². The second-order valence-corrected chi connectivity index (χ2v) is 5.00. The monoisotopic (exact) mass is 349 g/mol. The summed E-state index contributed by atoms with van der Waals surface area (Å²) in [6.07, 6.45) is 2.09. The first kappa shape index (κ1) is 17.1. The van der Waals surface area contributed by atoms with Gasteiger partial charge < -0.3 is 19.9 Å². The van der Waals surface area contributed by atoms with E-state index in [1.165, 1.54) is 4.68 Å². The number of hydrogen-bond acceptors (Lipinski definition) is 6. The zero-order chi connectivity index (χ0) is 15.0. The van der Waals surface area contributed by atoms with E-state index in [0.29, 0.717) is 36.3 Å². The minimum atomic E-state index is -0.229. The molecule has 0 amide bonds. The van der Waals surface area contributed by atoms with Gasteiger partial charge in [0, 0.05) is 20.8 Å². The van der Waals surface area contributed by atoms with Crippen LogP contribution < -0.4 is 10.9 Å². The predicted molar refractivity (Wildman–Crippen MR) is 79.1 cm³/mol. The van der Waals surface area contributed by atoms with Gasteiger partial charge in [-0.2, -0.15) is 5.10 Å². The van der Waals surface area contributed by atoms with Crippen LogP contribution in [0.2, 0.25) is 0 Å². The van der Waals surface area contributed by atoms with Crippen LogP contribution in [0.3, 0.4) is 0 Å². The summed E-state index contributed by atoms with van der Waals surface area (Å²) in [5.41, 5.74) is 0.353. The van der Waals surface area contributed by atoms with E-state index in [0.717, 1.165) is 0 Å². The summed E-state index contributed by atoms with van der Waals surface area (Å²) in [5.74, 6) is 0. The van der Waals surface area contributed by atoms with Crippen LogP contribution in [0.5, 0.6) is 0 Å². The van der Waals surface area contributed by atoms with Crippen LogP contribution in [0, 0.1) is 0 Å². The molecule has 1 aromatic heterocycles. The summed E-state index contributed by atoms with van der Waals surface area (Å²) >= 11 is 3.27. The van der Waals surface area contributed by atoms with E-state index in [4.69, 9.17) is 14.6 Å². The molecule has 1 unspecified atom stereocenters. The third-order valence-corrected chi connectivity index (χ3v) is 3.46. The summed E-state index contributed by atoms with van der Waals surface area (Å²) in [4.78, 5) is 12.1. The molecule has 2 N–H and O–H groups in total. The van der Waals surface area contributed by atoms with Crippen molar-refractivity contribution >= 4 is 21.6 Å². The van der Waals surface area contributed by atoms with Crippen molar-refractivity contribution in [3.63, 3.8) is 0 Å². The molecule has 1 aromatic rings. The van der Waals surface area contributed by atoms with E-state index in [1.807, 2.05) is 0 Å². The Morgan fingerprint density at radius 3 is 2.85 bits per heavy atom. The summed E-state index contributed by atoms with van der Waals surface area (Å²) < 4.78 is 11.7. The molecule has 0 saturated carbocycles. The van der Waals surface area contributed by atoms with Gasteiger partial charge in [-0.1, -0.05) is 0 Å². The van der Waals surface area contributed by atoms with Crippen LogP contribution >= 0.6 is 15.9 Å². The number of anilines is 1. The largest absolute Gasteiger partial charge is 0.396 e. The highest BCUT2D eigenvalue weighted by molar-refractivity contribution is 9.10. The van der Waals surface area contributed by atoms with Gasteiger partial charge in [-0.15, -0.1) is 0 Å². The highest BCUT2D eigenvalue weighted by Gasteiger charge is 2.13. The molecular formula is C12H20BrN3O4. The van der Waals surface area contributed by atoms with Crippen LogP contribution in [0.25, 0.3) is 0 Å². The first-order valence-corrected chi connectivity index (χ1v) is 7.04. The Labute approximate surface area is 126 Å². The topological polar surface area (TPSA) is 85.6 Å². The maximum absolute atomic E-state index is 12.1. The Hall–Kier alpha value is -0.960. The maximum Gasteiger partial charge on any atom is 0.283 e. The first-order valence-electron chi connectivity index (χ1n) is 6.25. The van der Waals surface area contributed by atoms with Crippen molar-refractivity contribution in [2.24, 2.45) is 0 Å². The molecule has 1 heterocycles. The van der Waals surface area contributed by atoms with Crippen LogP contribution in [0.15, 0.2) is 15.5 Å². The third-order valence-electron chi connectivity index (χ3n) is 2.70. The van der Waals surface area contributed by atoms with Crippen molar-refractivity contribution in [2.75, 3.05) is 39.4 Å². The van der Waals surface area contributed by atoms with E-state index >= 15 is 0 Å². The smallest absolute Gasteiger partial charge is 0.283 e. The second-order valence-electron chi connectivity index (χ2n) is 4.20. The zero-order valence-electron chi connectivity index (χ0n) is 11.6. The Kier molecular flexibility index (Phi) is 7.75. The molecule has 0 fully saturated rings. The SMILES string of the molecule is COCCn1ncc(NC(CCO)COC)c(Br)c1=O. The number of nitrogens with one attached hydrogen (secondary N) is 1. The van der Waals surface area contributed by atoms with Crippen LogP contribution in [0.4, 0.5) is 5.69 Å². The number of halogens is 1. The Balaban J connectivity index is 2.85. The Morgan fingerprint density at radius 1 is 1.50 bits per heavy atom. The molecule has 1 rings (SSSR count). The molecule has 0 radical (unpaired) electrons. The van der Waals surface area contributed by atoms with Gasteiger partial charge in [0.1, 0.15) is 4.47 Å². The van der Waals surface area contributed by atoms with E-state index in [-0.39, 0.29) is 18.2 Å². The Bertz CT molecular complexity index is 461. The summed E-state index contributed by atoms with van der Waals surface area (Å²) in [6.45, 7) is 1.28. The third kappa shape index (κ3) is 4.86. The van der Waals surface area contributed by atoms with E-state index in [1.54, 1.807) is 20.4 Å². The molecular weight excluding hydrogens is 330 g/mol. The number of nitrogens with zero attached hydrogens (tertiary/aromatic N) is 2. The fourth-order valence-electron chi connectivity index (χ4n) is 1.68. The van der Waals surface area contributed by atoms with E-state index in [9.17, 15) is 4.79 Å². The van der Waals surface area contributed by atoms with Gasteiger partial charge in [-0.25, -0.2) is 4.68 Å². The highest BCUT2D eigenvalue weighted by atomic mass is 79.9. The van der Waals surface area contributed by atoms with Gasteiger partial charge in [0.15, 0.2) is 0 Å². The molecule has 1 atom stereocenters. The lowest BCUT2D eigenvalue weighted by atomic mass is 10.2. The molecule has 7 nitrogen and oxygen atoms in total. The first-order chi connectivity index (χ1) is 9.63. The second kappa shape index (κ2) is 9.06. The number of rotatable bonds is 9. The van der Waals surface area contributed by atoms with Crippen LogP contribution in [0.1, 0.15) is 6.42 Å². The summed E-state index contributed by atoms with van der Waals surface area (Å²) in [5, 5.41) is 16.2. The highest BCUT2D eigenvalue weighted by Crippen LogP contribution is 2.18. The molecule has 20 heavy (non-hydrogen) atoms. The van der Waals surface area contributed by atoms with E-state index in [2.05, 4.69) is 26.3 Å². The number of ether oxygens (including phenoxy) is 2. The van der Waals surface area contributed by atoms with Gasteiger partial charge in [-0.05, 0) is 22.4 Å². The van der Waals surface area contributed by atoms with Crippen molar-refractivity contribution in [1.29, 1.82) is 0 Å². The number of aliphatic hydroxyl groups is 1. The number of methoxy groups -OCH3 is 2. The van der Waals surface area contributed by atoms with Crippen molar-refractivity contribution in [1.82, 2.24) is 9.78 Å². The average Bonchev–Trinajstić information content (AvgIpc) is 2.43. The van der Waals surface area contributed by atoms with Gasteiger partial charge >= 0.3 is 0 Å². The number of aliphatic hydroxyl groups excluding tert-OH is 1. The molecule has 0 aromatic carbocycles. The number of aromatic nitrogens is 2.